The zero-order valence-corrected chi connectivity index (χ0v) is 37.0. The van der Waals surface area contributed by atoms with Crippen LogP contribution in [-0.4, -0.2) is 41.3 Å². The maximum Gasteiger partial charge on any atom is 0.137 e. The predicted molar refractivity (Wildman–Crippen MR) is 197 cm³/mol. The van der Waals surface area contributed by atoms with Gasteiger partial charge in [0.1, 0.15) is 12.8 Å². The minimum atomic E-state index is -2.36. The molecule has 228 valence electrons. The fourth-order valence-corrected chi connectivity index (χ4v) is 320. The van der Waals surface area contributed by atoms with Gasteiger partial charge >= 0.3 is 0 Å². The fourth-order valence-electron chi connectivity index (χ4n) is 13.6. The van der Waals surface area contributed by atoms with Crippen molar-refractivity contribution < 1.29 is 0 Å². The molecule has 0 atom stereocenters. The number of hydrogen-bond donors (Lipinski definition) is 0. The van der Waals surface area contributed by atoms with Crippen molar-refractivity contribution in [2.24, 2.45) is 0 Å². The zero-order valence-electron chi connectivity index (χ0n) is 29.5. The van der Waals surface area contributed by atoms with Crippen LogP contribution in [0.25, 0.3) is 0 Å². The van der Waals surface area contributed by atoms with Crippen molar-refractivity contribution >= 4 is 63.4 Å². The van der Waals surface area contributed by atoms with Crippen LogP contribution in [0.1, 0.15) is 138 Å². The van der Waals surface area contributed by atoms with Gasteiger partial charge in [0, 0.05) is 0 Å². The smallest absolute Gasteiger partial charge is 0.137 e. The third kappa shape index (κ3) is 3.84. The first-order chi connectivity index (χ1) is 16.9. The van der Waals surface area contributed by atoms with E-state index in [0.29, 0.717) is 55.4 Å². The Morgan fingerprint density at radius 1 is 0.237 bits per heavy atom. The van der Waals surface area contributed by atoms with E-state index in [1.54, 1.807) is 0 Å². The number of hydrogen-bond acceptors (Lipinski definition) is 0. The molecule has 1 heterocycles. The minimum Gasteiger partial charge on any atom is -0.174 e. The first kappa shape index (κ1) is 37.9. The van der Waals surface area contributed by atoms with Crippen LogP contribution >= 0.6 is 22.2 Å². The highest BCUT2D eigenvalue weighted by molar-refractivity contribution is 8.23. The molecule has 0 unspecified atom stereocenters. The largest absolute Gasteiger partial charge is 0.174 e. The second-order valence-electron chi connectivity index (χ2n) is 16.4. The van der Waals surface area contributed by atoms with E-state index in [1.807, 2.05) is 0 Å². The predicted octanol–water partition coefficient (Wildman–Crippen LogP) is 12.7. The maximum absolute atomic E-state index is 9.31. The molecule has 0 nitrogen and oxygen atoms in total. The number of rotatable bonds is 10. The van der Waals surface area contributed by atoms with E-state index in [-0.39, 0.29) is 0 Å². The highest BCUT2D eigenvalue weighted by Crippen LogP contribution is 2.76. The van der Waals surface area contributed by atoms with E-state index >= 15 is 0 Å². The van der Waals surface area contributed by atoms with Crippen LogP contribution in [0.2, 0.25) is 55.4 Å². The van der Waals surface area contributed by atoms with Gasteiger partial charge in [-0.15, -0.1) is 0 Å². The van der Waals surface area contributed by atoms with Gasteiger partial charge in [-0.05, 0) is 11.1 Å². The summed E-state index contributed by atoms with van der Waals surface area (Å²) in [7, 11) is -8.52. The molecule has 0 aliphatic carbocycles. The van der Waals surface area contributed by atoms with Gasteiger partial charge in [-0.25, -0.2) is 0 Å². The Labute approximate surface area is 255 Å². The molecule has 1 aliphatic heterocycles. The van der Waals surface area contributed by atoms with Gasteiger partial charge in [0.25, 0.3) is 0 Å². The quantitative estimate of drug-likeness (QED) is 0.160. The lowest BCUT2D eigenvalue weighted by molar-refractivity contribution is 0.861. The molecule has 1 aliphatic rings. The monoisotopic (exact) mass is 668 g/mol. The summed E-state index contributed by atoms with van der Waals surface area (Å²) in [6.07, 6.45) is -4.72. The topological polar surface area (TPSA) is 0 Å². The lowest BCUT2D eigenvalue weighted by atomic mass is 10.5. The van der Waals surface area contributed by atoms with Crippen molar-refractivity contribution in [1.82, 2.24) is 0 Å². The van der Waals surface area contributed by atoms with E-state index < -0.39 is 41.3 Å². The fraction of sp³-hybridized carbons (Fsp3) is 1.00. The van der Waals surface area contributed by atoms with Gasteiger partial charge in [0.15, 0.2) is 0 Å². The molecule has 8 heteroatoms. The Morgan fingerprint density at radius 3 is 0.395 bits per heavy atom. The van der Waals surface area contributed by atoms with Crippen LogP contribution in [0.4, 0.5) is 0 Å². The molecule has 1 saturated heterocycles. The molecule has 0 aromatic heterocycles. The molecule has 0 spiro atoms. The summed E-state index contributed by atoms with van der Waals surface area (Å²) in [5, 5.41) is 0. The highest BCUT2D eigenvalue weighted by atomic mass is 35.6. The van der Waals surface area contributed by atoms with Gasteiger partial charge in [0.05, 0.1) is 28.4 Å². The highest BCUT2D eigenvalue weighted by Gasteiger charge is 2.94. The summed E-state index contributed by atoms with van der Waals surface area (Å²) in [5.41, 5.74) is 6.97. The first-order valence-electron chi connectivity index (χ1n) is 16.3. The second kappa shape index (κ2) is 12.1. The summed E-state index contributed by atoms with van der Waals surface area (Å²) in [4.78, 5) is 0. The molecular formula is C30H70Cl2Si6. The van der Waals surface area contributed by atoms with Crippen molar-refractivity contribution in [3.05, 3.63) is 0 Å². The normalized spacial score (nSPS) is 29.1. The first-order valence-corrected chi connectivity index (χ1v) is 37.1. The zero-order chi connectivity index (χ0) is 30.8. The van der Waals surface area contributed by atoms with Crippen LogP contribution in [-0.2, 0) is 0 Å². The SMILES string of the molecule is CC(C)[Si]1(Cl)[Si](C(C)C)(C(C)C)[Si](C(C)C)(C(C)C)[Si](Cl)(C(C)C)[Si](C(C)C)(C(C)C)[Si]1(C(C)C)C(C)C. The lowest BCUT2D eigenvalue weighted by Crippen LogP contribution is -3.09. The summed E-state index contributed by atoms with van der Waals surface area (Å²) < 4.78 is 0. The third-order valence-corrected chi connectivity index (χ3v) is 172. The van der Waals surface area contributed by atoms with Crippen molar-refractivity contribution in [3.63, 3.8) is 0 Å². The molecule has 0 saturated carbocycles. The number of halogens is 2. The van der Waals surface area contributed by atoms with Gasteiger partial charge < -0.3 is 0 Å². The Bertz CT molecular complexity index is 651. The Hall–Kier alpha value is 1.88. The van der Waals surface area contributed by atoms with E-state index in [1.165, 1.54) is 0 Å². The van der Waals surface area contributed by atoms with Gasteiger partial charge in [-0.1, -0.05) is 183 Å². The van der Waals surface area contributed by atoms with Crippen molar-refractivity contribution in [1.29, 1.82) is 0 Å². The van der Waals surface area contributed by atoms with E-state index in [4.69, 9.17) is 0 Å². The third-order valence-electron chi connectivity index (χ3n) is 12.7. The molecule has 0 radical (unpaired) electrons. The molecule has 0 bridgehead atoms. The molecule has 0 aromatic carbocycles. The molecule has 0 N–H and O–H groups in total. The van der Waals surface area contributed by atoms with Crippen molar-refractivity contribution in [2.45, 2.75) is 194 Å². The summed E-state index contributed by atoms with van der Waals surface area (Å²) >= 11 is 18.6. The molecule has 38 heavy (non-hydrogen) atoms. The molecular weight excluding hydrogens is 600 g/mol. The van der Waals surface area contributed by atoms with Crippen LogP contribution in [0, 0.1) is 0 Å². The average Bonchev–Trinajstić information content (AvgIpc) is 2.71. The van der Waals surface area contributed by atoms with Crippen LogP contribution < -0.4 is 0 Å². The molecule has 0 aromatic rings. The standard InChI is InChI=1S/C30H70Cl2Si6/c1-21(2)33(22(3)4)34(23(5)6,24(7)8)38(32,30(19)20)36(27(13)14,28(15)16)35(25(9)10,26(11)12)37(33,31)29(17)18/h21-30H,1-20H3. The van der Waals surface area contributed by atoms with Crippen molar-refractivity contribution in [2.75, 3.05) is 0 Å². The summed E-state index contributed by atoms with van der Waals surface area (Å²) in [6.45, 7) is 53.4. The van der Waals surface area contributed by atoms with Gasteiger partial charge in [-0.3, -0.25) is 0 Å². The summed E-state index contributed by atoms with van der Waals surface area (Å²) in [5.74, 6) is 0. The summed E-state index contributed by atoms with van der Waals surface area (Å²) in [6, 6.07) is 0. The minimum absolute atomic E-state index is 0.633. The Balaban J connectivity index is 5.29. The van der Waals surface area contributed by atoms with E-state index in [2.05, 4.69) is 138 Å². The van der Waals surface area contributed by atoms with Crippen molar-refractivity contribution in [3.8, 4) is 0 Å². The maximum atomic E-state index is 9.31. The van der Waals surface area contributed by atoms with E-state index in [9.17, 15) is 22.2 Å². The molecule has 1 rings (SSSR count). The van der Waals surface area contributed by atoms with Crippen LogP contribution in [0.15, 0.2) is 0 Å². The Morgan fingerprint density at radius 2 is 0.342 bits per heavy atom. The van der Waals surface area contributed by atoms with E-state index in [0.717, 1.165) is 0 Å². The van der Waals surface area contributed by atoms with Crippen LogP contribution in [0.5, 0.6) is 0 Å². The lowest BCUT2D eigenvalue weighted by Gasteiger charge is -2.84. The Kier molecular flexibility index (Phi) is 12.1. The second-order valence-corrected chi connectivity index (χ2v) is 83.5. The van der Waals surface area contributed by atoms with Gasteiger partial charge in [0.2, 0.25) is 0 Å². The average molecular weight is 670 g/mol. The molecule has 0 amide bonds. The van der Waals surface area contributed by atoms with Crippen LogP contribution in [0.3, 0.4) is 0 Å². The molecule has 1 fully saturated rings. The van der Waals surface area contributed by atoms with Gasteiger partial charge in [-0.2, -0.15) is 22.2 Å².